The summed E-state index contributed by atoms with van der Waals surface area (Å²) in [6.45, 7) is 3.60. The zero-order valence-corrected chi connectivity index (χ0v) is 13.2. The molecule has 0 aromatic heterocycles. The minimum atomic E-state index is -0.147. The van der Waals surface area contributed by atoms with E-state index in [1.165, 1.54) is 0 Å². The highest BCUT2D eigenvalue weighted by Crippen LogP contribution is 2.22. The quantitative estimate of drug-likeness (QED) is 0.898. The van der Waals surface area contributed by atoms with E-state index >= 15 is 0 Å². The molecule has 0 saturated carbocycles. The number of amides is 2. The van der Waals surface area contributed by atoms with E-state index in [9.17, 15) is 9.59 Å². The molecule has 0 spiro atoms. The van der Waals surface area contributed by atoms with Crippen LogP contribution in [0.25, 0.3) is 0 Å². The highest BCUT2D eigenvalue weighted by molar-refractivity contribution is 6.30. The number of piperazine rings is 1. The first-order chi connectivity index (χ1) is 10.6. The number of carbonyl (C=O) groups excluding carboxylic acids is 2. The molecule has 6 heteroatoms. The zero-order chi connectivity index (χ0) is 15.5. The largest absolute Gasteiger partial charge is 0.368 e. The lowest BCUT2D eigenvalue weighted by Crippen LogP contribution is -2.52. The Labute approximate surface area is 135 Å². The van der Waals surface area contributed by atoms with Gasteiger partial charge in [0.25, 0.3) is 0 Å². The van der Waals surface area contributed by atoms with E-state index in [0.29, 0.717) is 26.1 Å². The molecule has 5 nitrogen and oxygen atoms in total. The van der Waals surface area contributed by atoms with E-state index in [1.807, 2.05) is 29.2 Å². The average Bonchev–Trinajstić information content (AvgIpc) is 2.54. The molecule has 3 rings (SSSR count). The summed E-state index contributed by atoms with van der Waals surface area (Å²) < 4.78 is 0. The summed E-state index contributed by atoms with van der Waals surface area (Å²) in [5.74, 6) is -0.0331. The van der Waals surface area contributed by atoms with Gasteiger partial charge in [-0.2, -0.15) is 0 Å². The summed E-state index contributed by atoms with van der Waals surface area (Å²) in [5.41, 5.74) is 1.09. The second-order valence-corrected chi connectivity index (χ2v) is 6.27. The number of halogens is 1. The van der Waals surface area contributed by atoms with Gasteiger partial charge in [0.15, 0.2) is 0 Å². The summed E-state index contributed by atoms with van der Waals surface area (Å²) in [5, 5.41) is 3.50. The second kappa shape index (κ2) is 6.57. The molecule has 118 valence electrons. The molecular formula is C16H20ClN3O2. The SMILES string of the molecule is O=C1CC(C(=O)N2CCN(c3cccc(Cl)c3)CC2)CCN1. The van der Waals surface area contributed by atoms with Gasteiger partial charge in [0.05, 0.1) is 0 Å². The van der Waals surface area contributed by atoms with Crippen LogP contribution in [0.4, 0.5) is 5.69 Å². The smallest absolute Gasteiger partial charge is 0.226 e. The fraction of sp³-hybridized carbons (Fsp3) is 0.500. The van der Waals surface area contributed by atoms with E-state index < -0.39 is 0 Å². The number of carbonyl (C=O) groups is 2. The van der Waals surface area contributed by atoms with Crippen LogP contribution in [0, 0.1) is 5.92 Å². The molecule has 1 N–H and O–H groups in total. The maximum absolute atomic E-state index is 12.5. The Bertz CT molecular complexity index is 570. The molecular weight excluding hydrogens is 302 g/mol. The number of nitrogens with one attached hydrogen (secondary N) is 1. The average molecular weight is 322 g/mol. The summed E-state index contributed by atoms with van der Waals surface area (Å²) in [6.07, 6.45) is 1.08. The molecule has 2 saturated heterocycles. The van der Waals surface area contributed by atoms with Crippen molar-refractivity contribution in [3.05, 3.63) is 29.3 Å². The van der Waals surface area contributed by atoms with Crippen molar-refractivity contribution in [1.82, 2.24) is 10.2 Å². The van der Waals surface area contributed by atoms with Gasteiger partial charge in [-0.05, 0) is 24.6 Å². The van der Waals surface area contributed by atoms with Crippen LogP contribution < -0.4 is 10.2 Å². The van der Waals surface area contributed by atoms with Crippen molar-refractivity contribution in [3.8, 4) is 0 Å². The minimum Gasteiger partial charge on any atom is -0.368 e. The summed E-state index contributed by atoms with van der Waals surface area (Å²) >= 11 is 6.03. The first-order valence-corrected chi connectivity index (χ1v) is 8.07. The highest BCUT2D eigenvalue weighted by Gasteiger charge is 2.31. The molecule has 22 heavy (non-hydrogen) atoms. The summed E-state index contributed by atoms with van der Waals surface area (Å²) in [4.78, 5) is 28.1. The lowest BCUT2D eigenvalue weighted by atomic mass is 9.95. The fourth-order valence-electron chi connectivity index (χ4n) is 3.11. The fourth-order valence-corrected chi connectivity index (χ4v) is 3.30. The maximum Gasteiger partial charge on any atom is 0.226 e. The topological polar surface area (TPSA) is 52.7 Å². The monoisotopic (exact) mass is 321 g/mol. The predicted molar refractivity (Wildman–Crippen MR) is 86.0 cm³/mol. The van der Waals surface area contributed by atoms with Gasteiger partial charge in [-0.15, -0.1) is 0 Å². The first kappa shape index (κ1) is 15.2. The number of hydrogen-bond acceptors (Lipinski definition) is 3. The number of nitrogens with zero attached hydrogens (tertiary/aromatic N) is 2. The Morgan fingerprint density at radius 2 is 2.00 bits per heavy atom. The zero-order valence-electron chi connectivity index (χ0n) is 12.4. The van der Waals surface area contributed by atoms with Crippen LogP contribution in [-0.2, 0) is 9.59 Å². The summed E-state index contributed by atoms with van der Waals surface area (Å²) in [7, 11) is 0. The Hall–Kier alpha value is -1.75. The Balaban J connectivity index is 1.57. The van der Waals surface area contributed by atoms with Gasteiger partial charge < -0.3 is 15.1 Å². The Morgan fingerprint density at radius 1 is 1.23 bits per heavy atom. The van der Waals surface area contributed by atoms with Gasteiger partial charge in [0.1, 0.15) is 0 Å². The molecule has 2 aliphatic heterocycles. The van der Waals surface area contributed by atoms with Crippen LogP contribution in [0.15, 0.2) is 24.3 Å². The van der Waals surface area contributed by atoms with Crippen molar-refractivity contribution < 1.29 is 9.59 Å². The van der Waals surface area contributed by atoms with Crippen LogP contribution in [0.5, 0.6) is 0 Å². The first-order valence-electron chi connectivity index (χ1n) is 7.69. The van der Waals surface area contributed by atoms with E-state index in [1.54, 1.807) is 0 Å². The highest BCUT2D eigenvalue weighted by atomic mass is 35.5. The van der Waals surface area contributed by atoms with Crippen molar-refractivity contribution in [2.24, 2.45) is 5.92 Å². The standard InChI is InChI=1S/C16H20ClN3O2/c17-13-2-1-3-14(11-13)19-6-8-20(9-7-19)16(22)12-4-5-18-15(21)10-12/h1-3,11-12H,4-10H2,(H,18,21). The third-order valence-corrected chi connectivity index (χ3v) is 4.60. The van der Waals surface area contributed by atoms with E-state index in [4.69, 9.17) is 11.6 Å². The number of benzene rings is 1. The maximum atomic E-state index is 12.5. The van der Waals surface area contributed by atoms with Gasteiger partial charge >= 0.3 is 0 Å². The second-order valence-electron chi connectivity index (χ2n) is 5.83. The number of anilines is 1. The van der Waals surface area contributed by atoms with Crippen molar-refractivity contribution in [2.75, 3.05) is 37.6 Å². The van der Waals surface area contributed by atoms with Crippen LogP contribution in [0.1, 0.15) is 12.8 Å². The predicted octanol–water partition coefficient (Wildman–Crippen LogP) is 1.51. The van der Waals surface area contributed by atoms with E-state index in [2.05, 4.69) is 10.2 Å². The van der Waals surface area contributed by atoms with Crippen LogP contribution >= 0.6 is 11.6 Å². The molecule has 0 bridgehead atoms. The molecule has 1 atom stereocenters. The Morgan fingerprint density at radius 3 is 2.68 bits per heavy atom. The van der Waals surface area contributed by atoms with E-state index in [-0.39, 0.29) is 17.7 Å². The van der Waals surface area contributed by atoms with Crippen molar-refractivity contribution in [2.45, 2.75) is 12.8 Å². The van der Waals surface area contributed by atoms with Crippen LogP contribution in [0.3, 0.4) is 0 Å². The molecule has 0 aliphatic carbocycles. The number of rotatable bonds is 2. The molecule has 2 heterocycles. The Kier molecular flexibility index (Phi) is 4.52. The third-order valence-electron chi connectivity index (χ3n) is 4.36. The van der Waals surface area contributed by atoms with Gasteiger partial charge in [0.2, 0.25) is 11.8 Å². The minimum absolute atomic E-state index is 0.0119. The third kappa shape index (κ3) is 3.35. The molecule has 2 fully saturated rings. The number of piperidine rings is 1. The van der Waals surface area contributed by atoms with Crippen molar-refractivity contribution >= 4 is 29.1 Å². The van der Waals surface area contributed by atoms with Gasteiger partial charge in [-0.25, -0.2) is 0 Å². The van der Waals surface area contributed by atoms with E-state index in [0.717, 1.165) is 30.2 Å². The van der Waals surface area contributed by atoms with Crippen LogP contribution in [0.2, 0.25) is 5.02 Å². The van der Waals surface area contributed by atoms with Crippen molar-refractivity contribution in [1.29, 1.82) is 0 Å². The summed E-state index contributed by atoms with van der Waals surface area (Å²) in [6, 6.07) is 7.79. The molecule has 1 aromatic carbocycles. The van der Waals surface area contributed by atoms with Crippen LogP contribution in [-0.4, -0.2) is 49.4 Å². The molecule has 1 unspecified atom stereocenters. The van der Waals surface area contributed by atoms with Gasteiger partial charge in [-0.1, -0.05) is 17.7 Å². The lowest BCUT2D eigenvalue weighted by molar-refractivity contribution is -0.140. The van der Waals surface area contributed by atoms with Crippen molar-refractivity contribution in [3.63, 3.8) is 0 Å². The van der Waals surface area contributed by atoms with Gasteiger partial charge in [-0.3, -0.25) is 9.59 Å². The molecule has 1 aromatic rings. The lowest BCUT2D eigenvalue weighted by Gasteiger charge is -2.38. The van der Waals surface area contributed by atoms with Gasteiger partial charge in [0, 0.05) is 55.8 Å². The normalized spacial score (nSPS) is 22.4. The molecule has 2 amide bonds. The number of hydrogen-bond donors (Lipinski definition) is 1. The molecule has 2 aliphatic rings. The molecule has 0 radical (unpaired) electrons.